The number of carbonyl (C=O) groups is 2. The number of esters is 1. The van der Waals surface area contributed by atoms with Crippen molar-refractivity contribution in [3.8, 4) is 6.07 Å². The van der Waals surface area contributed by atoms with E-state index >= 15 is 0 Å². The van der Waals surface area contributed by atoms with Crippen molar-refractivity contribution in [3.63, 3.8) is 0 Å². The topological polar surface area (TPSA) is 82.4 Å². The minimum absolute atomic E-state index is 0.0670. The van der Waals surface area contributed by atoms with Gasteiger partial charge in [0.25, 0.3) is 0 Å². The van der Waals surface area contributed by atoms with E-state index in [2.05, 4.69) is 5.32 Å². The van der Waals surface area contributed by atoms with Crippen LogP contribution >= 0.6 is 0 Å². The summed E-state index contributed by atoms with van der Waals surface area (Å²) in [6, 6.07) is 9.26. The van der Waals surface area contributed by atoms with Gasteiger partial charge in [0.1, 0.15) is 6.07 Å². The van der Waals surface area contributed by atoms with Crippen LogP contribution in [0.5, 0.6) is 0 Å². The van der Waals surface area contributed by atoms with Crippen LogP contribution in [0.4, 0.5) is 5.69 Å². The summed E-state index contributed by atoms with van der Waals surface area (Å²) in [7, 11) is 3.45. The third kappa shape index (κ3) is 6.22. The molecule has 0 atom stereocenters. The second-order valence-corrected chi connectivity index (χ2v) is 5.02. The molecule has 0 saturated carbocycles. The molecule has 0 heterocycles. The van der Waals surface area contributed by atoms with E-state index < -0.39 is 5.97 Å². The van der Waals surface area contributed by atoms with Gasteiger partial charge in [-0.15, -0.1) is 0 Å². The molecule has 122 valence electrons. The molecule has 0 bridgehead atoms. The number of rotatable bonds is 7. The summed E-state index contributed by atoms with van der Waals surface area (Å²) in [5, 5.41) is 11.9. The highest BCUT2D eigenvalue weighted by molar-refractivity contribution is 5.93. The molecule has 0 aromatic heterocycles. The molecule has 0 unspecified atom stereocenters. The molecule has 0 saturated heterocycles. The van der Waals surface area contributed by atoms with Gasteiger partial charge >= 0.3 is 5.97 Å². The van der Waals surface area contributed by atoms with E-state index in [1.165, 1.54) is 6.20 Å². The highest BCUT2D eigenvalue weighted by atomic mass is 16.5. The quantitative estimate of drug-likeness (QED) is 0.473. The molecule has 1 aromatic rings. The number of aryl methyl sites for hydroxylation is 1. The lowest BCUT2D eigenvalue weighted by Crippen LogP contribution is -2.21. The van der Waals surface area contributed by atoms with Crippen LogP contribution in [0.2, 0.25) is 0 Å². The Bertz CT molecular complexity index is 630. The zero-order chi connectivity index (χ0) is 17.2. The molecular weight excluding hydrogens is 294 g/mol. The predicted molar refractivity (Wildman–Crippen MR) is 87.4 cm³/mol. The van der Waals surface area contributed by atoms with Crippen molar-refractivity contribution < 1.29 is 14.3 Å². The number of nitriles is 1. The minimum Gasteiger partial charge on any atom is -0.462 e. The Kier molecular flexibility index (Phi) is 7.34. The fourth-order valence-corrected chi connectivity index (χ4v) is 1.79. The van der Waals surface area contributed by atoms with Gasteiger partial charge in [-0.2, -0.15) is 5.26 Å². The minimum atomic E-state index is -0.657. The van der Waals surface area contributed by atoms with Crippen LogP contribution in [0.3, 0.4) is 0 Å². The van der Waals surface area contributed by atoms with Crippen LogP contribution in [-0.2, 0) is 20.7 Å². The zero-order valence-corrected chi connectivity index (χ0v) is 13.6. The van der Waals surface area contributed by atoms with E-state index in [-0.39, 0.29) is 18.1 Å². The van der Waals surface area contributed by atoms with Crippen LogP contribution in [0.25, 0.3) is 0 Å². The maximum absolute atomic E-state index is 11.6. The highest BCUT2D eigenvalue weighted by Crippen LogP contribution is 2.13. The third-order valence-electron chi connectivity index (χ3n) is 3.05. The average molecular weight is 315 g/mol. The van der Waals surface area contributed by atoms with Gasteiger partial charge in [-0.3, -0.25) is 4.79 Å². The van der Waals surface area contributed by atoms with Crippen LogP contribution in [0.1, 0.15) is 18.9 Å². The van der Waals surface area contributed by atoms with Gasteiger partial charge in [0.2, 0.25) is 5.91 Å². The smallest absolute Gasteiger partial charge is 0.350 e. The Morgan fingerprint density at radius 3 is 2.74 bits per heavy atom. The first-order valence-electron chi connectivity index (χ1n) is 7.31. The van der Waals surface area contributed by atoms with E-state index in [0.717, 1.165) is 11.3 Å². The number of benzene rings is 1. The molecule has 23 heavy (non-hydrogen) atoms. The number of hydrogen-bond donors (Lipinski definition) is 1. The van der Waals surface area contributed by atoms with E-state index in [9.17, 15) is 9.59 Å². The van der Waals surface area contributed by atoms with Gasteiger partial charge in [-0.25, -0.2) is 4.79 Å². The van der Waals surface area contributed by atoms with Crippen molar-refractivity contribution in [1.29, 1.82) is 5.26 Å². The molecule has 0 aliphatic rings. The number of nitrogens with one attached hydrogen (secondary N) is 1. The summed E-state index contributed by atoms with van der Waals surface area (Å²) in [6.07, 6.45) is 2.37. The lowest BCUT2D eigenvalue weighted by molar-refractivity contribution is -0.138. The van der Waals surface area contributed by atoms with Gasteiger partial charge < -0.3 is 15.0 Å². The Morgan fingerprint density at radius 2 is 2.13 bits per heavy atom. The monoisotopic (exact) mass is 315 g/mol. The van der Waals surface area contributed by atoms with Gasteiger partial charge in [0.05, 0.1) is 6.61 Å². The Balaban J connectivity index is 2.71. The first-order chi connectivity index (χ1) is 11.0. The number of amides is 1. The largest absolute Gasteiger partial charge is 0.462 e. The molecule has 6 nitrogen and oxygen atoms in total. The average Bonchev–Trinajstić information content (AvgIpc) is 2.53. The Hall–Kier alpha value is -2.81. The molecule has 1 N–H and O–H groups in total. The molecule has 1 aromatic carbocycles. The van der Waals surface area contributed by atoms with Gasteiger partial charge in [-0.05, 0) is 31.0 Å². The lowest BCUT2D eigenvalue weighted by Gasteiger charge is -2.10. The van der Waals surface area contributed by atoms with Crippen molar-refractivity contribution >= 4 is 17.6 Å². The number of hydrogen-bond acceptors (Lipinski definition) is 5. The normalized spacial score (nSPS) is 10.6. The SMILES string of the molecule is CCOC(=O)/C(C#N)=C\Nc1cccc(CCC(=O)N(C)C)c1. The van der Waals surface area contributed by atoms with Crippen molar-refractivity contribution in [1.82, 2.24) is 4.90 Å². The van der Waals surface area contributed by atoms with E-state index in [4.69, 9.17) is 10.00 Å². The Labute approximate surface area is 136 Å². The number of nitrogens with zero attached hydrogens (tertiary/aromatic N) is 2. The second kappa shape index (κ2) is 9.26. The van der Waals surface area contributed by atoms with Crippen molar-refractivity contribution in [3.05, 3.63) is 41.6 Å². The summed E-state index contributed by atoms with van der Waals surface area (Å²) in [6.45, 7) is 1.89. The molecular formula is C17H21N3O3. The molecule has 0 spiro atoms. The first-order valence-corrected chi connectivity index (χ1v) is 7.31. The van der Waals surface area contributed by atoms with Crippen LogP contribution < -0.4 is 5.32 Å². The van der Waals surface area contributed by atoms with E-state index in [1.54, 1.807) is 32.0 Å². The maximum atomic E-state index is 11.6. The summed E-state index contributed by atoms with van der Waals surface area (Å²) < 4.78 is 4.78. The van der Waals surface area contributed by atoms with Gasteiger partial charge in [0.15, 0.2) is 5.57 Å². The first kappa shape index (κ1) is 18.2. The summed E-state index contributed by atoms with van der Waals surface area (Å²) >= 11 is 0. The van der Waals surface area contributed by atoms with Crippen LogP contribution in [-0.4, -0.2) is 37.5 Å². The van der Waals surface area contributed by atoms with Crippen molar-refractivity contribution in [2.24, 2.45) is 0 Å². The van der Waals surface area contributed by atoms with Gasteiger partial charge in [0, 0.05) is 32.4 Å². The highest BCUT2D eigenvalue weighted by Gasteiger charge is 2.09. The molecule has 0 radical (unpaired) electrons. The molecule has 1 rings (SSSR count). The second-order valence-electron chi connectivity index (χ2n) is 5.02. The number of anilines is 1. The summed E-state index contributed by atoms with van der Waals surface area (Å²) in [5.41, 5.74) is 1.63. The lowest BCUT2D eigenvalue weighted by atomic mass is 10.1. The van der Waals surface area contributed by atoms with Crippen molar-refractivity contribution in [2.45, 2.75) is 19.8 Å². The molecule has 0 aliphatic heterocycles. The van der Waals surface area contributed by atoms with E-state index in [1.807, 2.05) is 24.3 Å². The molecule has 0 fully saturated rings. The fraction of sp³-hybridized carbons (Fsp3) is 0.353. The maximum Gasteiger partial charge on any atom is 0.350 e. The zero-order valence-electron chi connectivity index (χ0n) is 13.6. The third-order valence-corrected chi connectivity index (χ3v) is 3.05. The Morgan fingerprint density at radius 1 is 1.39 bits per heavy atom. The predicted octanol–water partition coefficient (Wildman–Crippen LogP) is 2.09. The van der Waals surface area contributed by atoms with Crippen molar-refractivity contribution in [2.75, 3.05) is 26.0 Å². The number of carbonyl (C=O) groups excluding carboxylic acids is 2. The van der Waals surface area contributed by atoms with Crippen LogP contribution in [0, 0.1) is 11.3 Å². The van der Waals surface area contributed by atoms with Crippen LogP contribution in [0.15, 0.2) is 36.0 Å². The summed E-state index contributed by atoms with van der Waals surface area (Å²) in [5.74, 6) is -0.590. The summed E-state index contributed by atoms with van der Waals surface area (Å²) in [4.78, 5) is 24.7. The molecule has 6 heteroatoms. The van der Waals surface area contributed by atoms with Gasteiger partial charge in [-0.1, -0.05) is 12.1 Å². The molecule has 1 amide bonds. The molecule has 0 aliphatic carbocycles. The standard InChI is InChI=1S/C17H21N3O3/c1-4-23-17(22)14(11-18)12-19-15-7-5-6-13(10-15)8-9-16(21)20(2)3/h5-7,10,12,19H,4,8-9H2,1-3H3/b14-12-. The fourth-order valence-electron chi connectivity index (χ4n) is 1.79. The van der Waals surface area contributed by atoms with E-state index in [0.29, 0.717) is 12.8 Å². The number of ether oxygens (including phenoxy) is 1.